The molecule has 2 rings (SSSR count). The van der Waals surface area contributed by atoms with E-state index in [0.717, 1.165) is 10.8 Å². The van der Waals surface area contributed by atoms with E-state index in [0.29, 0.717) is 6.54 Å². The number of hydrogen-bond donors (Lipinski definition) is 1. The number of sulfone groups is 1. The minimum atomic E-state index is -2.86. The molecule has 1 fully saturated rings. The van der Waals surface area contributed by atoms with Crippen molar-refractivity contribution in [2.45, 2.75) is 25.9 Å². The van der Waals surface area contributed by atoms with E-state index in [9.17, 15) is 8.42 Å². The number of thiazole rings is 1. The molecular weight excluding hydrogens is 270 g/mol. The van der Waals surface area contributed by atoms with Crippen molar-refractivity contribution in [1.29, 1.82) is 0 Å². The second kappa shape index (κ2) is 5.14. The highest BCUT2D eigenvalue weighted by Gasteiger charge is 2.29. The van der Waals surface area contributed by atoms with Gasteiger partial charge in [0.25, 0.3) is 0 Å². The quantitative estimate of drug-likeness (QED) is 0.901. The molecule has 2 unspecified atom stereocenters. The molecule has 0 aliphatic carbocycles. The van der Waals surface area contributed by atoms with Gasteiger partial charge in [-0.2, -0.15) is 0 Å². The van der Waals surface area contributed by atoms with Gasteiger partial charge in [0.2, 0.25) is 0 Å². The molecule has 1 aromatic rings. The van der Waals surface area contributed by atoms with Crippen LogP contribution < -0.4 is 10.2 Å². The van der Waals surface area contributed by atoms with Crippen LogP contribution in [0.15, 0.2) is 5.38 Å². The van der Waals surface area contributed by atoms with Gasteiger partial charge in [-0.05, 0) is 20.9 Å². The monoisotopic (exact) mass is 289 g/mol. The van der Waals surface area contributed by atoms with E-state index >= 15 is 0 Å². The highest BCUT2D eigenvalue weighted by molar-refractivity contribution is 7.91. The van der Waals surface area contributed by atoms with Gasteiger partial charge < -0.3 is 10.2 Å². The number of anilines is 1. The largest absolute Gasteiger partial charge is 0.343 e. The van der Waals surface area contributed by atoms with E-state index in [4.69, 9.17) is 0 Å². The standard InChI is InChI=1S/C11H19N3O2S2/c1-8-7-18(15,16)5-4-14(8)11-13-10(6-17-11)9(2)12-3/h6,8-9,12H,4-5,7H2,1-3H3. The number of nitrogens with one attached hydrogen (secondary N) is 1. The van der Waals surface area contributed by atoms with E-state index in [1.807, 2.05) is 19.4 Å². The van der Waals surface area contributed by atoms with Crippen molar-refractivity contribution in [3.8, 4) is 0 Å². The molecule has 0 radical (unpaired) electrons. The van der Waals surface area contributed by atoms with E-state index < -0.39 is 9.84 Å². The van der Waals surface area contributed by atoms with E-state index in [-0.39, 0.29) is 23.6 Å². The number of nitrogens with zero attached hydrogens (tertiary/aromatic N) is 2. The van der Waals surface area contributed by atoms with E-state index in [1.165, 1.54) is 0 Å². The molecule has 2 atom stereocenters. The summed E-state index contributed by atoms with van der Waals surface area (Å²) in [6.45, 7) is 4.55. The summed E-state index contributed by atoms with van der Waals surface area (Å²) in [6, 6.07) is 0.228. The Morgan fingerprint density at radius 2 is 2.33 bits per heavy atom. The molecule has 0 bridgehead atoms. The lowest BCUT2D eigenvalue weighted by Gasteiger charge is -2.32. The summed E-state index contributed by atoms with van der Waals surface area (Å²) in [7, 11) is -0.962. The van der Waals surface area contributed by atoms with Gasteiger partial charge in [-0.25, -0.2) is 13.4 Å². The minimum Gasteiger partial charge on any atom is -0.343 e. The van der Waals surface area contributed by atoms with Gasteiger partial charge >= 0.3 is 0 Å². The maximum Gasteiger partial charge on any atom is 0.185 e. The molecule has 102 valence electrons. The Labute approximate surface area is 112 Å². The zero-order valence-electron chi connectivity index (χ0n) is 10.9. The summed E-state index contributed by atoms with van der Waals surface area (Å²) in [4.78, 5) is 6.68. The van der Waals surface area contributed by atoms with Crippen molar-refractivity contribution in [2.75, 3.05) is 30.0 Å². The van der Waals surface area contributed by atoms with Crippen molar-refractivity contribution in [1.82, 2.24) is 10.3 Å². The first-order valence-electron chi connectivity index (χ1n) is 6.02. The van der Waals surface area contributed by atoms with Crippen LogP contribution in [0.5, 0.6) is 0 Å². The van der Waals surface area contributed by atoms with Crippen LogP contribution in [0.2, 0.25) is 0 Å². The predicted molar refractivity (Wildman–Crippen MR) is 75.1 cm³/mol. The van der Waals surface area contributed by atoms with E-state index in [1.54, 1.807) is 11.3 Å². The Hall–Kier alpha value is -0.660. The smallest absolute Gasteiger partial charge is 0.185 e. The first kappa shape index (κ1) is 13.8. The molecule has 1 aliphatic heterocycles. The summed E-state index contributed by atoms with van der Waals surface area (Å²) in [5, 5.41) is 6.11. The molecule has 1 aliphatic rings. The predicted octanol–water partition coefficient (Wildman–Crippen LogP) is 1.05. The Balaban J connectivity index is 2.15. The molecular formula is C11H19N3O2S2. The molecule has 1 saturated heterocycles. The van der Waals surface area contributed by atoms with Gasteiger partial charge in [-0.3, -0.25) is 0 Å². The Bertz CT molecular complexity index is 512. The lowest BCUT2D eigenvalue weighted by molar-refractivity contribution is 0.567. The molecule has 1 N–H and O–H groups in total. The summed E-state index contributed by atoms with van der Waals surface area (Å²) in [5.41, 5.74) is 1.01. The first-order chi connectivity index (χ1) is 8.43. The molecule has 2 heterocycles. The van der Waals surface area contributed by atoms with Gasteiger partial charge in [0.1, 0.15) is 0 Å². The second-order valence-electron chi connectivity index (χ2n) is 4.72. The van der Waals surface area contributed by atoms with Crippen LogP contribution >= 0.6 is 11.3 Å². The molecule has 5 nitrogen and oxygen atoms in total. The van der Waals surface area contributed by atoms with Crippen LogP contribution in [0.1, 0.15) is 25.6 Å². The number of hydrogen-bond acceptors (Lipinski definition) is 6. The van der Waals surface area contributed by atoms with Crippen LogP contribution in [0, 0.1) is 0 Å². The second-order valence-corrected chi connectivity index (χ2v) is 7.79. The molecule has 7 heteroatoms. The van der Waals surface area contributed by atoms with Gasteiger partial charge in [0.15, 0.2) is 15.0 Å². The Morgan fingerprint density at radius 1 is 1.61 bits per heavy atom. The lowest BCUT2D eigenvalue weighted by atomic mass is 10.3. The van der Waals surface area contributed by atoms with Gasteiger partial charge in [-0.15, -0.1) is 11.3 Å². The summed E-state index contributed by atoms with van der Waals surface area (Å²) in [6.07, 6.45) is 0. The molecule has 0 amide bonds. The van der Waals surface area contributed by atoms with Crippen molar-refractivity contribution < 1.29 is 8.42 Å². The van der Waals surface area contributed by atoms with Gasteiger partial charge in [-0.1, -0.05) is 0 Å². The van der Waals surface area contributed by atoms with Crippen LogP contribution in [-0.2, 0) is 9.84 Å². The summed E-state index contributed by atoms with van der Waals surface area (Å²) in [5.74, 6) is 0.456. The topological polar surface area (TPSA) is 62.3 Å². The lowest BCUT2D eigenvalue weighted by Crippen LogP contribution is -2.47. The molecule has 0 aromatic carbocycles. The normalized spacial score (nSPS) is 25.1. The average Bonchev–Trinajstić information content (AvgIpc) is 2.76. The van der Waals surface area contributed by atoms with Crippen LogP contribution in [0.3, 0.4) is 0 Å². The highest BCUT2D eigenvalue weighted by atomic mass is 32.2. The third-order valence-corrected chi connectivity index (χ3v) is 5.99. The average molecular weight is 289 g/mol. The van der Waals surface area contributed by atoms with Crippen LogP contribution in [0.25, 0.3) is 0 Å². The summed E-state index contributed by atoms with van der Waals surface area (Å²) < 4.78 is 23.1. The first-order valence-corrected chi connectivity index (χ1v) is 8.73. The van der Waals surface area contributed by atoms with Crippen LogP contribution in [-0.4, -0.2) is 44.5 Å². The van der Waals surface area contributed by atoms with E-state index in [2.05, 4.69) is 22.1 Å². The van der Waals surface area contributed by atoms with Crippen molar-refractivity contribution in [3.05, 3.63) is 11.1 Å². The maximum atomic E-state index is 11.5. The Kier molecular flexibility index (Phi) is 3.93. The maximum absolute atomic E-state index is 11.5. The summed E-state index contributed by atoms with van der Waals surface area (Å²) >= 11 is 1.58. The van der Waals surface area contributed by atoms with Gasteiger partial charge in [0.05, 0.1) is 17.2 Å². The molecule has 0 spiro atoms. The third-order valence-electron chi connectivity index (χ3n) is 3.30. The van der Waals surface area contributed by atoms with Crippen molar-refractivity contribution in [3.63, 3.8) is 0 Å². The van der Waals surface area contributed by atoms with Gasteiger partial charge in [0, 0.05) is 24.0 Å². The number of aromatic nitrogens is 1. The fourth-order valence-electron chi connectivity index (χ4n) is 2.04. The van der Waals surface area contributed by atoms with Crippen LogP contribution in [0.4, 0.5) is 5.13 Å². The number of rotatable bonds is 3. The molecule has 18 heavy (non-hydrogen) atoms. The highest BCUT2D eigenvalue weighted by Crippen LogP contribution is 2.27. The fraction of sp³-hybridized carbons (Fsp3) is 0.727. The minimum absolute atomic E-state index is 0.00708. The van der Waals surface area contributed by atoms with Crippen molar-refractivity contribution in [2.24, 2.45) is 0 Å². The molecule has 1 aromatic heterocycles. The SMILES string of the molecule is CNC(C)c1csc(N2CCS(=O)(=O)CC2C)n1. The zero-order valence-corrected chi connectivity index (χ0v) is 12.5. The fourth-order valence-corrected chi connectivity index (χ4v) is 4.64. The molecule has 0 saturated carbocycles. The third kappa shape index (κ3) is 2.84. The van der Waals surface area contributed by atoms with Crippen molar-refractivity contribution >= 4 is 26.3 Å². The zero-order chi connectivity index (χ0) is 13.3. The Morgan fingerprint density at radius 3 is 2.94 bits per heavy atom.